The molecule has 0 aromatic heterocycles. The van der Waals surface area contributed by atoms with Gasteiger partial charge in [-0.25, -0.2) is 4.39 Å². The predicted octanol–water partition coefficient (Wildman–Crippen LogP) is 3.41. The zero-order valence-electron chi connectivity index (χ0n) is 12.7. The number of hydrogen-bond acceptors (Lipinski definition) is 2. The van der Waals surface area contributed by atoms with Gasteiger partial charge in [0.25, 0.3) is 0 Å². The van der Waals surface area contributed by atoms with Gasteiger partial charge in [-0.15, -0.1) is 0 Å². The van der Waals surface area contributed by atoms with Crippen molar-refractivity contribution in [2.75, 3.05) is 13.6 Å². The minimum atomic E-state index is -0.173. The van der Waals surface area contributed by atoms with Gasteiger partial charge in [0.1, 0.15) is 5.82 Å². The van der Waals surface area contributed by atoms with E-state index < -0.39 is 0 Å². The molecule has 0 bridgehead atoms. The van der Waals surface area contributed by atoms with E-state index in [-0.39, 0.29) is 5.82 Å². The Morgan fingerprint density at radius 2 is 1.80 bits per heavy atom. The summed E-state index contributed by atoms with van der Waals surface area (Å²) in [5.74, 6) is 1.40. The van der Waals surface area contributed by atoms with E-state index in [0.29, 0.717) is 18.5 Å². The van der Waals surface area contributed by atoms with E-state index in [2.05, 4.69) is 18.9 Å². The predicted molar refractivity (Wildman–Crippen MR) is 81.8 cm³/mol. The molecule has 1 aromatic carbocycles. The van der Waals surface area contributed by atoms with E-state index in [9.17, 15) is 4.39 Å². The molecule has 2 nitrogen and oxygen atoms in total. The first-order chi connectivity index (χ1) is 9.60. The van der Waals surface area contributed by atoms with Gasteiger partial charge in [-0.1, -0.05) is 31.9 Å². The summed E-state index contributed by atoms with van der Waals surface area (Å²) < 4.78 is 12.9. The maximum absolute atomic E-state index is 12.9. The lowest BCUT2D eigenvalue weighted by Gasteiger charge is -2.37. The van der Waals surface area contributed by atoms with Crippen LogP contribution in [0.15, 0.2) is 24.3 Å². The van der Waals surface area contributed by atoms with E-state index in [1.54, 1.807) is 0 Å². The number of rotatable bonds is 5. The van der Waals surface area contributed by atoms with E-state index in [1.165, 1.54) is 37.8 Å². The molecule has 0 amide bonds. The molecule has 0 saturated heterocycles. The second-order valence-electron chi connectivity index (χ2n) is 6.36. The smallest absolute Gasteiger partial charge is 0.123 e. The van der Waals surface area contributed by atoms with Gasteiger partial charge >= 0.3 is 0 Å². The summed E-state index contributed by atoms with van der Waals surface area (Å²) in [4.78, 5) is 2.34. The van der Waals surface area contributed by atoms with Crippen LogP contribution in [0.2, 0.25) is 0 Å². The Morgan fingerprint density at radius 3 is 2.35 bits per heavy atom. The highest BCUT2D eigenvalue weighted by Gasteiger charge is 2.27. The summed E-state index contributed by atoms with van der Waals surface area (Å²) in [6, 6.07) is 7.23. The Bertz CT molecular complexity index is 396. The van der Waals surface area contributed by atoms with Gasteiger partial charge in [-0.05, 0) is 49.4 Å². The summed E-state index contributed by atoms with van der Waals surface area (Å²) in [7, 11) is 2.14. The second kappa shape index (κ2) is 7.19. The Balaban J connectivity index is 1.94. The molecule has 0 radical (unpaired) electrons. The summed E-state index contributed by atoms with van der Waals surface area (Å²) in [6.45, 7) is 3.89. The zero-order chi connectivity index (χ0) is 14.5. The van der Waals surface area contributed by atoms with E-state index in [4.69, 9.17) is 5.73 Å². The first-order valence-corrected chi connectivity index (χ1v) is 7.75. The van der Waals surface area contributed by atoms with Crippen LogP contribution in [0.3, 0.4) is 0 Å². The quantitative estimate of drug-likeness (QED) is 0.894. The van der Waals surface area contributed by atoms with Crippen molar-refractivity contribution in [3.63, 3.8) is 0 Å². The molecule has 2 N–H and O–H groups in total. The van der Waals surface area contributed by atoms with Gasteiger partial charge in [0, 0.05) is 19.1 Å². The fourth-order valence-electron chi connectivity index (χ4n) is 3.40. The van der Waals surface area contributed by atoms with Crippen LogP contribution in [0.4, 0.5) is 4.39 Å². The molecule has 0 aliphatic heterocycles. The van der Waals surface area contributed by atoms with Crippen molar-refractivity contribution in [1.82, 2.24) is 4.90 Å². The van der Waals surface area contributed by atoms with Gasteiger partial charge in [0.05, 0.1) is 0 Å². The molecule has 1 aliphatic carbocycles. The summed E-state index contributed by atoms with van der Waals surface area (Å²) in [5, 5.41) is 0. The van der Waals surface area contributed by atoms with Crippen LogP contribution >= 0.6 is 0 Å². The third-order valence-electron chi connectivity index (χ3n) is 4.76. The van der Waals surface area contributed by atoms with Crippen LogP contribution in [0, 0.1) is 17.7 Å². The molecule has 20 heavy (non-hydrogen) atoms. The normalized spacial score (nSPS) is 24.9. The number of nitrogens with two attached hydrogens (primary N) is 1. The number of likely N-dealkylation sites (N-methyl/N-ethyl adjacent to an activating group) is 1. The molecule has 112 valence electrons. The molecule has 1 atom stereocenters. The lowest BCUT2D eigenvalue weighted by molar-refractivity contribution is 0.130. The SMILES string of the molecule is CC1CCC(C(CN)N(C)Cc2ccc(F)cc2)CC1. The maximum atomic E-state index is 12.9. The largest absolute Gasteiger partial charge is 0.329 e. The van der Waals surface area contributed by atoms with Gasteiger partial charge in [-0.2, -0.15) is 0 Å². The Kier molecular flexibility index (Phi) is 5.55. The van der Waals surface area contributed by atoms with Gasteiger partial charge in [0.15, 0.2) is 0 Å². The monoisotopic (exact) mass is 278 g/mol. The van der Waals surface area contributed by atoms with Gasteiger partial charge in [-0.3, -0.25) is 4.90 Å². The van der Waals surface area contributed by atoms with Gasteiger partial charge < -0.3 is 5.73 Å². The number of nitrogens with zero attached hydrogens (tertiary/aromatic N) is 1. The lowest BCUT2D eigenvalue weighted by atomic mass is 9.79. The number of hydrogen-bond donors (Lipinski definition) is 1. The standard InChI is InChI=1S/C17H27FN2/c1-13-3-7-15(8-4-13)17(11-19)20(2)12-14-5-9-16(18)10-6-14/h5-6,9-10,13,15,17H,3-4,7-8,11-12,19H2,1-2H3. The molecule has 1 aliphatic rings. The minimum Gasteiger partial charge on any atom is -0.329 e. The summed E-state index contributed by atoms with van der Waals surface area (Å²) >= 11 is 0. The fourth-order valence-corrected chi connectivity index (χ4v) is 3.40. The first-order valence-electron chi connectivity index (χ1n) is 7.75. The highest BCUT2D eigenvalue weighted by atomic mass is 19.1. The third kappa shape index (κ3) is 4.03. The van der Waals surface area contributed by atoms with Crippen molar-refractivity contribution in [2.24, 2.45) is 17.6 Å². The average molecular weight is 278 g/mol. The highest BCUT2D eigenvalue weighted by Crippen LogP contribution is 2.32. The van der Waals surface area contributed by atoms with Crippen molar-refractivity contribution in [2.45, 2.75) is 45.2 Å². The van der Waals surface area contributed by atoms with Crippen molar-refractivity contribution >= 4 is 0 Å². The molecular formula is C17H27FN2. The fraction of sp³-hybridized carbons (Fsp3) is 0.647. The van der Waals surface area contributed by atoms with Crippen LogP contribution in [0.25, 0.3) is 0 Å². The second-order valence-corrected chi connectivity index (χ2v) is 6.36. The van der Waals surface area contributed by atoms with Crippen molar-refractivity contribution < 1.29 is 4.39 Å². The van der Waals surface area contributed by atoms with E-state index >= 15 is 0 Å². The topological polar surface area (TPSA) is 29.3 Å². The van der Waals surface area contributed by atoms with Crippen LogP contribution < -0.4 is 5.73 Å². The maximum Gasteiger partial charge on any atom is 0.123 e. The van der Waals surface area contributed by atoms with Gasteiger partial charge in [0.2, 0.25) is 0 Å². The summed E-state index contributed by atoms with van der Waals surface area (Å²) in [5.41, 5.74) is 7.16. The van der Waals surface area contributed by atoms with Crippen molar-refractivity contribution in [3.05, 3.63) is 35.6 Å². The van der Waals surface area contributed by atoms with Crippen LogP contribution in [0.5, 0.6) is 0 Å². The summed E-state index contributed by atoms with van der Waals surface area (Å²) in [6.07, 6.45) is 5.23. The molecule has 3 heteroatoms. The van der Waals surface area contributed by atoms with E-state index in [0.717, 1.165) is 18.0 Å². The molecule has 1 unspecified atom stereocenters. The highest BCUT2D eigenvalue weighted by molar-refractivity contribution is 5.16. The minimum absolute atomic E-state index is 0.173. The molecule has 2 rings (SSSR count). The number of halogens is 1. The zero-order valence-corrected chi connectivity index (χ0v) is 12.7. The van der Waals surface area contributed by atoms with Crippen LogP contribution in [-0.2, 0) is 6.54 Å². The molecule has 1 aromatic rings. The van der Waals surface area contributed by atoms with E-state index in [1.807, 2.05) is 12.1 Å². The first kappa shape index (κ1) is 15.5. The third-order valence-corrected chi connectivity index (χ3v) is 4.76. The van der Waals surface area contributed by atoms with Crippen molar-refractivity contribution in [1.29, 1.82) is 0 Å². The Labute approximate surface area is 122 Å². The average Bonchev–Trinajstić information content (AvgIpc) is 2.44. The molecule has 0 spiro atoms. The lowest BCUT2D eigenvalue weighted by Crippen LogP contribution is -2.44. The number of benzene rings is 1. The molecule has 1 fully saturated rings. The van der Waals surface area contributed by atoms with Crippen LogP contribution in [0.1, 0.15) is 38.2 Å². The Morgan fingerprint density at radius 1 is 1.20 bits per heavy atom. The van der Waals surface area contributed by atoms with Crippen LogP contribution in [-0.4, -0.2) is 24.5 Å². The molecular weight excluding hydrogens is 251 g/mol. The molecule has 0 heterocycles. The Hall–Kier alpha value is -0.930. The molecule has 1 saturated carbocycles. The van der Waals surface area contributed by atoms with Crippen molar-refractivity contribution in [3.8, 4) is 0 Å².